The number of halogens is 1. The van der Waals surface area contributed by atoms with Crippen LogP contribution in [0.25, 0.3) is 0 Å². The summed E-state index contributed by atoms with van der Waals surface area (Å²) in [5.41, 5.74) is 5.34. The monoisotopic (exact) mass is 383 g/mol. The molecule has 1 atom stereocenters. The second kappa shape index (κ2) is 8.42. The van der Waals surface area contributed by atoms with Crippen LogP contribution in [0.3, 0.4) is 0 Å². The van der Waals surface area contributed by atoms with E-state index in [9.17, 15) is 14.0 Å². The van der Waals surface area contributed by atoms with E-state index in [1.54, 1.807) is 12.1 Å². The maximum absolute atomic E-state index is 13.6. The van der Waals surface area contributed by atoms with Gasteiger partial charge in [-0.2, -0.15) is 0 Å². The van der Waals surface area contributed by atoms with Crippen LogP contribution in [0.1, 0.15) is 33.9 Å². The van der Waals surface area contributed by atoms with E-state index in [0.29, 0.717) is 31.6 Å². The molecule has 0 aromatic heterocycles. The first-order valence-corrected chi connectivity index (χ1v) is 9.51. The van der Waals surface area contributed by atoms with E-state index in [1.807, 2.05) is 0 Å². The van der Waals surface area contributed by atoms with Gasteiger partial charge < -0.3 is 15.5 Å². The van der Waals surface area contributed by atoms with Crippen LogP contribution in [0.4, 0.5) is 9.18 Å². The average molecular weight is 383 g/mol. The molecular weight excluding hydrogens is 357 g/mol. The Balaban J connectivity index is 1.69. The predicted molar refractivity (Wildman–Crippen MR) is 107 cm³/mol. The van der Waals surface area contributed by atoms with Gasteiger partial charge in [0, 0.05) is 19.6 Å². The third-order valence-electron chi connectivity index (χ3n) is 5.13. The van der Waals surface area contributed by atoms with E-state index >= 15 is 0 Å². The SMILES string of the molecule is Cc1cc(C)c(CCNC(=O)N2CCNC(=O)[C@@H]2c2cccc(F)c2)c(C)c1. The molecule has 3 amide bonds. The van der Waals surface area contributed by atoms with Gasteiger partial charge in [0.05, 0.1) is 0 Å². The summed E-state index contributed by atoms with van der Waals surface area (Å²) in [6.07, 6.45) is 0.717. The van der Waals surface area contributed by atoms with Crippen molar-refractivity contribution < 1.29 is 14.0 Å². The molecule has 2 N–H and O–H groups in total. The van der Waals surface area contributed by atoms with Gasteiger partial charge in [0.25, 0.3) is 0 Å². The zero-order valence-corrected chi connectivity index (χ0v) is 16.5. The molecule has 0 bridgehead atoms. The number of aryl methyl sites for hydroxylation is 3. The molecule has 5 nitrogen and oxygen atoms in total. The van der Waals surface area contributed by atoms with Crippen LogP contribution >= 0.6 is 0 Å². The highest BCUT2D eigenvalue weighted by molar-refractivity contribution is 5.89. The van der Waals surface area contributed by atoms with Crippen molar-refractivity contribution in [3.05, 3.63) is 70.0 Å². The fourth-order valence-electron chi connectivity index (χ4n) is 3.89. The molecule has 0 aliphatic carbocycles. The minimum Gasteiger partial charge on any atom is -0.352 e. The van der Waals surface area contributed by atoms with Crippen LogP contribution < -0.4 is 10.6 Å². The molecule has 0 spiro atoms. The van der Waals surface area contributed by atoms with Gasteiger partial charge in [-0.3, -0.25) is 4.79 Å². The second-order valence-corrected chi connectivity index (χ2v) is 7.30. The second-order valence-electron chi connectivity index (χ2n) is 7.30. The Bertz CT molecular complexity index is 874. The number of nitrogens with zero attached hydrogens (tertiary/aromatic N) is 1. The van der Waals surface area contributed by atoms with Crippen molar-refractivity contribution in [2.24, 2.45) is 0 Å². The van der Waals surface area contributed by atoms with E-state index in [1.165, 1.54) is 39.3 Å². The highest BCUT2D eigenvalue weighted by atomic mass is 19.1. The first-order valence-electron chi connectivity index (χ1n) is 9.51. The molecule has 28 heavy (non-hydrogen) atoms. The zero-order chi connectivity index (χ0) is 20.3. The van der Waals surface area contributed by atoms with Gasteiger partial charge in [0.15, 0.2) is 0 Å². The molecule has 0 saturated carbocycles. The molecule has 1 saturated heterocycles. The van der Waals surface area contributed by atoms with Crippen molar-refractivity contribution in [2.45, 2.75) is 33.2 Å². The smallest absolute Gasteiger partial charge is 0.318 e. The maximum Gasteiger partial charge on any atom is 0.318 e. The molecule has 6 heteroatoms. The molecule has 0 radical (unpaired) electrons. The lowest BCUT2D eigenvalue weighted by Crippen LogP contribution is -2.55. The Kier molecular flexibility index (Phi) is 5.97. The first-order chi connectivity index (χ1) is 13.4. The number of hydrogen-bond donors (Lipinski definition) is 2. The van der Waals surface area contributed by atoms with Crippen LogP contribution in [0.5, 0.6) is 0 Å². The van der Waals surface area contributed by atoms with E-state index < -0.39 is 11.9 Å². The lowest BCUT2D eigenvalue weighted by molar-refractivity contribution is -0.127. The molecule has 0 unspecified atom stereocenters. The number of hydrogen-bond acceptors (Lipinski definition) is 2. The van der Waals surface area contributed by atoms with Crippen LogP contribution in [-0.4, -0.2) is 36.5 Å². The van der Waals surface area contributed by atoms with Crippen LogP contribution in [0.2, 0.25) is 0 Å². The summed E-state index contributed by atoms with van der Waals surface area (Å²) in [6.45, 7) is 7.45. The minimum absolute atomic E-state index is 0.294. The van der Waals surface area contributed by atoms with Gasteiger partial charge in [-0.25, -0.2) is 9.18 Å². The fraction of sp³-hybridized carbons (Fsp3) is 0.364. The molecule has 2 aromatic rings. The molecule has 148 valence electrons. The molecule has 1 heterocycles. The lowest BCUT2D eigenvalue weighted by Gasteiger charge is -2.35. The number of rotatable bonds is 4. The Morgan fingerprint density at radius 3 is 2.61 bits per heavy atom. The molecule has 2 aromatic carbocycles. The van der Waals surface area contributed by atoms with Gasteiger partial charge in [-0.05, 0) is 61.6 Å². The van der Waals surface area contributed by atoms with Crippen LogP contribution in [0.15, 0.2) is 36.4 Å². The standard InChI is InChI=1S/C22H26FN3O2/c1-14-11-15(2)19(16(3)12-14)7-8-25-22(28)26-10-9-24-21(27)20(26)17-5-4-6-18(23)13-17/h4-6,11-13,20H,7-10H2,1-3H3,(H,24,27)(H,25,28)/t20-/m0/s1. The normalized spacial score (nSPS) is 16.6. The zero-order valence-electron chi connectivity index (χ0n) is 16.5. The Morgan fingerprint density at radius 1 is 1.21 bits per heavy atom. The highest BCUT2D eigenvalue weighted by Crippen LogP contribution is 2.24. The number of amides is 3. The predicted octanol–water partition coefficient (Wildman–Crippen LogP) is 3.18. The number of carbonyl (C=O) groups is 2. The molecule has 1 aliphatic rings. The number of urea groups is 1. The molecule has 1 fully saturated rings. The Hall–Kier alpha value is -2.89. The summed E-state index contributed by atoms with van der Waals surface area (Å²) >= 11 is 0. The van der Waals surface area contributed by atoms with Crippen molar-refractivity contribution in [3.8, 4) is 0 Å². The topological polar surface area (TPSA) is 61.4 Å². The maximum atomic E-state index is 13.6. The third kappa shape index (κ3) is 4.32. The summed E-state index contributed by atoms with van der Waals surface area (Å²) in [5.74, 6) is -0.723. The van der Waals surface area contributed by atoms with Crippen LogP contribution in [-0.2, 0) is 11.2 Å². The number of carbonyl (C=O) groups excluding carboxylic acids is 2. The van der Waals surface area contributed by atoms with Gasteiger partial charge in [-0.1, -0.05) is 29.8 Å². The van der Waals surface area contributed by atoms with Crippen LogP contribution in [0, 0.1) is 26.6 Å². The van der Waals surface area contributed by atoms with E-state index in [2.05, 4.69) is 43.5 Å². The lowest BCUT2D eigenvalue weighted by atomic mass is 9.97. The van der Waals surface area contributed by atoms with Crippen molar-refractivity contribution >= 4 is 11.9 Å². The van der Waals surface area contributed by atoms with E-state index in [-0.39, 0.29) is 11.9 Å². The fourth-order valence-corrected chi connectivity index (χ4v) is 3.89. The van der Waals surface area contributed by atoms with Gasteiger partial charge in [0.2, 0.25) is 5.91 Å². The Morgan fingerprint density at radius 2 is 1.93 bits per heavy atom. The van der Waals surface area contributed by atoms with Gasteiger partial charge in [-0.15, -0.1) is 0 Å². The van der Waals surface area contributed by atoms with Crippen molar-refractivity contribution in [2.75, 3.05) is 19.6 Å². The summed E-state index contributed by atoms with van der Waals surface area (Å²) < 4.78 is 13.6. The molecular formula is C22H26FN3O2. The average Bonchev–Trinajstić information content (AvgIpc) is 2.63. The summed E-state index contributed by atoms with van der Waals surface area (Å²) in [7, 11) is 0. The molecule has 1 aliphatic heterocycles. The molecule has 3 rings (SSSR count). The van der Waals surface area contributed by atoms with Gasteiger partial charge >= 0.3 is 6.03 Å². The van der Waals surface area contributed by atoms with Crippen molar-refractivity contribution in [3.63, 3.8) is 0 Å². The highest BCUT2D eigenvalue weighted by Gasteiger charge is 2.34. The quantitative estimate of drug-likeness (QED) is 0.852. The summed E-state index contributed by atoms with van der Waals surface area (Å²) in [6, 6.07) is 8.97. The van der Waals surface area contributed by atoms with Crippen molar-refractivity contribution in [1.29, 1.82) is 0 Å². The third-order valence-corrected chi connectivity index (χ3v) is 5.13. The largest absolute Gasteiger partial charge is 0.352 e. The minimum atomic E-state index is -0.827. The van der Waals surface area contributed by atoms with Gasteiger partial charge in [0.1, 0.15) is 11.9 Å². The van der Waals surface area contributed by atoms with E-state index in [0.717, 1.165) is 0 Å². The number of piperazine rings is 1. The Labute approximate surface area is 164 Å². The number of nitrogens with one attached hydrogen (secondary N) is 2. The first kappa shape index (κ1) is 19.9. The van der Waals surface area contributed by atoms with Crippen molar-refractivity contribution in [1.82, 2.24) is 15.5 Å². The summed E-state index contributed by atoms with van der Waals surface area (Å²) in [5, 5.41) is 5.67. The number of benzene rings is 2. The van der Waals surface area contributed by atoms with E-state index in [4.69, 9.17) is 0 Å². The summed E-state index contributed by atoms with van der Waals surface area (Å²) in [4.78, 5) is 26.6.